The average Bonchev–Trinajstić information content (AvgIpc) is 3.32. The van der Waals surface area contributed by atoms with Crippen LogP contribution < -0.4 is 21.7 Å². The Morgan fingerprint density at radius 1 is 0.881 bits per heavy atom. The Labute approximate surface area is 254 Å². The molecule has 0 radical (unpaired) electrons. The fourth-order valence-electron chi connectivity index (χ4n) is 4.92. The third kappa shape index (κ3) is 9.33. The summed E-state index contributed by atoms with van der Waals surface area (Å²) in [6.07, 6.45) is 8.75. The first-order chi connectivity index (χ1) is 20.2. The number of aryl methyl sites for hydroxylation is 1. The predicted octanol–water partition coefficient (Wildman–Crippen LogP) is 7.45. The molecule has 3 aromatic rings. The number of nitrogens with two attached hydrogens (primary N) is 1. The Balaban J connectivity index is 1.14. The van der Waals surface area contributed by atoms with E-state index < -0.39 is 5.82 Å². The van der Waals surface area contributed by atoms with Gasteiger partial charge in [0.2, 0.25) is 17.7 Å². The van der Waals surface area contributed by atoms with Crippen molar-refractivity contribution in [3.05, 3.63) is 93.2 Å². The lowest BCUT2D eigenvalue weighted by Gasteiger charge is -2.14. The third-order valence-electron chi connectivity index (χ3n) is 6.98. The second-order valence-corrected chi connectivity index (χ2v) is 11.2. The van der Waals surface area contributed by atoms with Gasteiger partial charge in [0, 0.05) is 34.7 Å². The van der Waals surface area contributed by atoms with Gasteiger partial charge in [0.15, 0.2) is 0 Å². The van der Waals surface area contributed by atoms with Gasteiger partial charge in [-0.15, -0.1) is 0 Å². The number of hydrogen-bond acceptors (Lipinski definition) is 4. The fraction of sp³-hybridized carbons (Fsp3) is 0.281. The molecule has 42 heavy (non-hydrogen) atoms. The van der Waals surface area contributed by atoms with Crippen LogP contribution in [-0.2, 0) is 20.8 Å². The van der Waals surface area contributed by atoms with Crippen LogP contribution >= 0.6 is 23.2 Å². The van der Waals surface area contributed by atoms with Gasteiger partial charge in [0.05, 0.1) is 17.4 Å². The van der Waals surface area contributed by atoms with Crippen LogP contribution in [0.4, 0.5) is 21.5 Å². The number of carbonyl (C=O) groups excluding carboxylic acids is 3. The van der Waals surface area contributed by atoms with Crippen LogP contribution in [0.3, 0.4) is 0 Å². The Kier molecular flexibility index (Phi) is 11.0. The van der Waals surface area contributed by atoms with Gasteiger partial charge < -0.3 is 21.7 Å². The molecule has 1 aliphatic carbocycles. The molecular formula is C32H33Cl2FN4O3. The molecule has 3 aromatic carbocycles. The van der Waals surface area contributed by atoms with Gasteiger partial charge in [-0.05, 0) is 84.8 Å². The van der Waals surface area contributed by atoms with Crippen LogP contribution in [0.2, 0.25) is 10.0 Å². The van der Waals surface area contributed by atoms with E-state index in [1.54, 1.807) is 24.3 Å². The standard InChI is InChI=1S/C32H33Cl2FN4O3/c33-22-16-23(34)18-25(17-22)37-32(42)14-8-20-7-11-26-21(15-20)9-12-28(26)38-30(40)5-3-1-2-4-6-31(41)39-29-13-10-24(35)19-27(29)36/h7-8,10-11,13-19,28H,1-6,9,12,36H2,(H,37,42)(H,38,40)(H,39,41)/b14-8+. The van der Waals surface area contributed by atoms with Gasteiger partial charge in [-0.2, -0.15) is 0 Å². The summed E-state index contributed by atoms with van der Waals surface area (Å²) in [5.74, 6) is -0.901. The molecule has 0 aromatic heterocycles. The summed E-state index contributed by atoms with van der Waals surface area (Å²) >= 11 is 12.0. The van der Waals surface area contributed by atoms with Gasteiger partial charge in [0.25, 0.3) is 0 Å². The molecule has 5 N–H and O–H groups in total. The van der Waals surface area contributed by atoms with Crippen LogP contribution in [0.1, 0.15) is 67.7 Å². The number of halogens is 3. The Hall–Kier alpha value is -3.88. The Bertz CT molecular complexity index is 1470. The topological polar surface area (TPSA) is 113 Å². The second kappa shape index (κ2) is 14.8. The summed E-state index contributed by atoms with van der Waals surface area (Å²) in [5, 5.41) is 9.47. The number of hydrogen-bond donors (Lipinski definition) is 4. The van der Waals surface area contributed by atoms with Crippen molar-refractivity contribution in [2.45, 2.75) is 57.4 Å². The van der Waals surface area contributed by atoms with Crippen LogP contribution in [0.15, 0.2) is 60.7 Å². The summed E-state index contributed by atoms with van der Waals surface area (Å²) < 4.78 is 13.1. The lowest BCUT2D eigenvalue weighted by atomic mass is 10.0. The Morgan fingerprint density at radius 3 is 2.31 bits per heavy atom. The Morgan fingerprint density at radius 2 is 1.60 bits per heavy atom. The molecule has 0 spiro atoms. The fourth-order valence-corrected chi connectivity index (χ4v) is 5.45. The van der Waals surface area contributed by atoms with Crippen LogP contribution in [0, 0.1) is 5.82 Å². The molecule has 1 aliphatic rings. The maximum Gasteiger partial charge on any atom is 0.248 e. The predicted molar refractivity (Wildman–Crippen MR) is 167 cm³/mol. The zero-order valence-electron chi connectivity index (χ0n) is 23.0. The minimum absolute atomic E-state index is 0.0131. The van der Waals surface area contributed by atoms with E-state index in [4.69, 9.17) is 28.9 Å². The minimum Gasteiger partial charge on any atom is -0.397 e. The summed E-state index contributed by atoms with van der Waals surface area (Å²) in [7, 11) is 0. The smallest absolute Gasteiger partial charge is 0.248 e. The van der Waals surface area contributed by atoms with Crippen molar-refractivity contribution in [1.29, 1.82) is 0 Å². The highest BCUT2D eigenvalue weighted by atomic mass is 35.5. The molecule has 0 saturated carbocycles. The molecule has 3 amide bonds. The zero-order chi connectivity index (χ0) is 30.1. The average molecular weight is 612 g/mol. The third-order valence-corrected chi connectivity index (χ3v) is 7.42. The summed E-state index contributed by atoms with van der Waals surface area (Å²) in [6.45, 7) is 0. The van der Waals surface area contributed by atoms with Crippen molar-refractivity contribution in [2.24, 2.45) is 0 Å². The van der Waals surface area contributed by atoms with Crippen molar-refractivity contribution < 1.29 is 18.8 Å². The summed E-state index contributed by atoms with van der Waals surface area (Å²) in [5.41, 5.74) is 10.00. The molecule has 0 aliphatic heterocycles. The van der Waals surface area contributed by atoms with Gasteiger partial charge in [-0.3, -0.25) is 14.4 Å². The first-order valence-corrected chi connectivity index (χ1v) is 14.6. The van der Waals surface area contributed by atoms with E-state index in [1.165, 1.54) is 24.3 Å². The molecule has 220 valence electrons. The normalized spacial score (nSPS) is 14.0. The van der Waals surface area contributed by atoms with Crippen LogP contribution in [0.5, 0.6) is 0 Å². The monoisotopic (exact) mass is 610 g/mol. The van der Waals surface area contributed by atoms with Crippen molar-refractivity contribution in [1.82, 2.24) is 5.32 Å². The second-order valence-electron chi connectivity index (χ2n) is 10.3. The first-order valence-electron chi connectivity index (χ1n) is 13.9. The van der Waals surface area contributed by atoms with E-state index in [9.17, 15) is 18.8 Å². The van der Waals surface area contributed by atoms with Crippen molar-refractivity contribution in [3.63, 3.8) is 0 Å². The number of rotatable bonds is 12. The zero-order valence-corrected chi connectivity index (χ0v) is 24.5. The van der Waals surface area contributed by atoms with Crippen molar-refractivity contribution in [3.8, 4) is 0 Å². The molecule has 0 saturated heterocycles. The van der Waals surface area contributed by atoms with E-state index in [0.29, 0.717) is 40.7 Å². The molecular weight excluding hydrogens is 578 g/mol. The number of fused-ring (bicyclic) bond motifs is 1. The number of unbranched alkanes of at least 4 members (excludes halogenated alkanes) is 3. The molecule has 0 fully saturated rings. The summed E-state index contributed by atoms with van der Waals surface area (Å²) in [6, 6.07) is 14.7. The molecule has 0 heterocycles. The number of anilines is 3. The minimum atomic E-state index is -0.450. The van der Waals surface area contributed by atoms with E-state index in [-0.39, 0.29) is 29.5 Å². The number of benzene rings is 3. The number of nitrogen functional groups attached to an aromatic ring is 1. The maximum absolute atomic E-state index is 13.1. The molecule has 10 heteroatoms. The maximum atomic E-state index is 13.1. The quantitative estimate of drug-likeness (QED) is 0.0968. The van der Waals surface area contributed by atoms with Gasteiger partial charge >= 0.3 is 0 Å². The summed E-state index contributed by atoms with van der Waals surface area (Å²) in [4.78, 5) is 37.0. The van der Waals surface area contributed by atoms with Crippen LogP contribution in [-0.4, -0.2) is 17.7 Å². The SMILES string of the molecule is Nc1cc(F)ccc1NC(=O)CCCCCCC(=O)NC1CCc2cc(/C=C/C(=O)Nc3cc(Cl)cc(Cl)c3)ccc21. The molecule has 4 rings (SSSR count). The van der Waals surface area contributed by atoms with E-state index >= 15 is 0 Å². The molecule has 7 nitrogen and oxygen atoms in total. The largest absolute Gasteiger partial charge is 0.397 e. The van der Waals surface area contributed by atoms with Crippen LogP contribution in [0.25, 0.3) is 6.08 Å². The highest BCUT2D eigenvalue weighted by Crippen LogP contribution is 2.32. The van der Waals surface area contributed by atoms with E-state index in [0.717, 1.165) is 48.8 Å². The molecule has 1 unspecified atom stereocenters. The van der Waals surface area contributed by atoms with E-state index in [1.807, 2.05) is 18.2 Å². The van der Waals surface area contributed by atoms with Crippen molar-refractivity contribution >= 4 is 64.1 Å². The molecule has 1 atom stereocenters. The lowest BCUT2D eigenvalue weighted by Crippen LogP contribution is -2.26. The van der Waals surface area contributed by atoms with E-state index in [2.05, 4.69) is 16.0 Å². The lowest BCUT2D eigenvalue weighted by molar-refractivity contribution is -0.122. The van der Waals surface area contributed by atoms with Gasteiger partial charge in [-0.25, -0.2) is 4.39 Å². The van der Waals surface area contributed by atoms with Crippen molar-refractivity contribution in [2.75, 3.05) is 16.4 Å². The first kappa shape index (κ1) is 31.1. The molecule has 0 bridgehead atoms. The van der Waals surface area contributed by atoms with Gasteiger partial charge in [-0.1, -0.05) is 54.2 Å². The number of carbonyl (C=O) groups is 3. The number of amides is 3. The highest BCUT2D eigenvalue weighted by molar-refractivity contribution is 6.35. The number of nitrogens with one attached hydrogen (secondary N) is 3. The van der Waals surface area contributed by atoms with Gasteiger partial charge in [0.1, 0.15) is 5.82 Å². The highest BCUT2D eigenvalue weighted by Gasteiger charge is 2.23.